The van der Waals surface area contributed by atoms with Crippen molar-refractivity contribution < 1.29 is 9.18 Å². The number of hydrogen-bond donors (Lipinski definition) is 0. The number of carbonyl (C=O) groups is 1. The van der Waals surface area contributed by atoms with Gasteiger partial charge in [0.1, 0.15) is 11.6 Å². The number of aromatic nitrogens is 4. The lowest BCUT2D eigenvalue weighted by molar-refractivity contribution is -0.127. The van der Waals surface area contributed by atoms with E-state index < -0.39 is 11.5 Å². The molecule has 2 unspecified atom stereocenters. The van der Waals surface area contributed by atoms with Crippen LogP contribution in [0.4, 0.5) is 10.2 Å². The Bertz CT molecular complexity index is 1900. The van der Waals surface area contributed by atoms with E-state index in [-0.39, 0.29) is 40.2 Å². The Morgan fingerprint density at radius 2 is 1.87 bits per heavy atom. The van der Waals surface area contributed by atoms with Crippen molar-refractivity contribution in [3.63, 3.8) is 0 Å². The van der Waals surface area contributed by atoms with Crippen LogP contribution in [0.1, 0.15) is 44.9 Å². The first-order valence-corrected chi connectivity index (χ1v) is 15.3. The summed E-state index contributed by atoms with van der Waals surface area (Å²) in [5, 5.41) is 0.751. The second-order valence-electron chi connectivity index (χ2n) is 12.1. The van der Waals surface area contributed by atoms with Crippen LogP contribution >= 0.6 is 11.6 Å². The van der Waals surface area contributed by atoms with Crippen molar-refractivity contribution in [2.24, 2.45) is 0 Å². The summed E-state index contributed by atoms with van der Waals surface area (Å²) in [6, 6.07) is 9.38. The second kappa shape index (κ2) is 13.0. The highest BCUT2D eigenvalue weighted by molar-refractivity contribution is 6.33. The monoisotopic (exact) mass is 629 g/mol. The van der Waals surface area contributed by atoms with Crippen molar-refractivity contribution in [3.05, 3.63) is 75.2 Å². The highest BCUT2D eigenvalue weighted by Gasteiger charge is 2.34. The molecule has 1 aliphatic rings. The summed E-state index contributed by atoms with van der Waals surface area (Å²) < 4.78 is 16.5. The van der Waals surface area contributed by atoms with E-state index in [2.05, 4.69) is 21.8 Å². The Labute approximate surface area is 267 Å². The van der Waals surface area contributed by atoms with Crippen molar-refractivity contribution in [2.45, 2.75) is 52.6 Å². The predicted octanol–water partition coefficient (Wildman–Crippen LogP) is 5.06. The molecule has 45 heavy (non-hydrogen) atoms. The molecule has 3 aromatic heterocycles. The van der Waals surface area contributed by atoms with Crippen LogP contribution < -0.4 is 10.6 Å². The summed E-state index contributed by atoms with van der Waals surface area (Å²) in [7, 11) is 3.79. The lowest BCUT2D eigenvalue weighted by Gasteiger charge is -2.44. The zero-order valence-corrected chi connectivity index (χ0v) is 27.4. The van der Waals surface area contributed by atoms with Crippen molar-refractivity contribution in [1.82, 2.24) is 29.3 Å². The Hall–Kier alpha value is -4.33. The molecule has 234 valence electrons. The highest BCUT2D eigenvalue weighted by Crippen LogP contribution is 2.36. The molecule has 4 aromatic rings. The number of anilines is 1. The van der Waals surface area contributed by atoms with E-state index in [1.54, 1.807) is 35.4 Å². The predicted molar refractivity (Wildman–Crippen MR) is 176 cm³/mol. The van der Waals surface area contributed by atoms with E-state index in [0.717, 1.165) is 5.56 Å². The third kappa shape index (κ3) is 6.28. The molecule has 0 N–H and O–H groups in total. The number of halogens is 2. The minimum absolute atomic E-state index is 0.00724. The topological polar surface area (TPSA) is 87.5 Å². The lowest BCUT2D eigenvalue weighted by Crippen LogP contribution is -2.58. The third-order valence-electron chi connectivity index (χ3n) is 7.96. The normalized spacial score (nSPS) is 16.8. The van der Waals surface area contributed by atoms with E-state index >= 15 is 4.39 Å². The van der Waals surface area contributed by atoms with E-state index in [0.29, 0.717) is 47.9 Å². The minimum atomic E-state index is -0.544. The van der Waals surface area contributed by atoms with Crippen LogP contribution in [0.2, 0.25) is 5.02 Å². The van der Waals surface area contributed by atoms with E-state index in [1.165, 1.54) is 10.6 Å². The smallest absolute Gasteiger partial charge is 0.349 e. The van der Waals surface area contributed by atoms with Crippen LogP contribution in [0.15, 0.2) is 47.4 Å². The fraction of sp³-hybridized carbons (Fsp3) is 0.382. The maximum Gasteiger partial charge on any atom is 0.355 e. The molecule has 1 amide bonds. The van der Waals surface area contributed by atoms with Crippen molar-refractivity contribution >= 4 is 34.4 Å². The lowest BCUT2D eigenvalue weighted by atomic mass is 10.0. The third-order valence-corrected chi connectivity index (χ3v) is 8.25. The molecule has 0 aliphatic carbocycles. The fourth-order valence-electron chi connectivity index (χ4n) is 5.70. The van der Waals surface area contributed by atoms with Gasteiger partial charge in [0.05, 0.1) is 34.0 Å². The first-order chi connectivity index (χ1) is 21.4. The molecule has 9 nitrogen and oxygen atoms in total. The van der Waals surface area contributed by atoms with Gasteiger partial charge < -0.3 is 9.80 Å². The van der Waals surface area contributed by atoms with Crippen LogP contribution in [0.25, 0.3) is 28.0 Å². The number of rotatable bonds is 5. The van der Waals surface area contributed by atoms with Gasteiger partial charge in [-0.3, -0.25) is 14.7 Å². The molecule has 5 rings (SSSR count). The summed E-state index contributed by atoms with van der Waals surface area (Å²) in [6.45, 7) is 11.1. The molecule has 0 radical (unpaired) electrons. The Kier molecular flexibility index (Phi) is 9.23. The molecule has 0 saturated carbocycles. The number of amides is 1. The molecule has 0 bridgehead atoms. The van der Waals surface area contributed by atoms with Gasteiger partial charge in [0, 0.05) is 36.9 Å². The van der Waals surface area contributed by atoms with Gasteiger partial charge in [-0.1, -0.05) is 43.5 Å². The van der Waals surface area contributed by atoms with Gasteiger partial charge in [0.15, 0.2) is 5.65 Å². The highest BCUT2D eigenvalue weighted by atomic mass is 35.5. The van der Waals surface area contributed by atoms with E-state index in [1.807, 2.05) is 64.6 Å². The van der Waals surface area contributed by atoms with Crippen LogP contribution in [0, 0.1) is 24.6 Å². The summed E-state index contributed by atoms with van der Waals surface area (Å²) in [6.07, 6.45) is 1.72. The zero-order valence-electron chi connectivity index (χ0n) is 26.6. The van der Waals surface area contributed by atoms with Gasteiger partial charge in [0.25, 0.3) is 5.91 Å². The quantitative estimate of drug-likeness (QED) is 0.285. The summed E-state index contributed by atoms with van der Waals surface area (Å²) in [5.74, 6) is 5.35. The molecule has 1 saturated heterocycles. The first-order valence-electron chi connectivity index (χ1n) is 14.9. The largest absolute Gasteiger partial charge is 0.355 e. The van der Waals surface area contributed by atoms with Gasteiger partial charge in [-0.2, -0.15) is 4.98 Å². The molecular weight excluding hydrogens is 593 g/mol. The maximum absolute atomic E-state index is 15.0. The van der Waals surface area contributed by atoms with Crippen LogP contribution in [-0.2, 0) is 4.79 Å². The van der Waals surface area contributed by atoms with Gasteiger partial charge >= 0.3 is 5.69 Å². The number of aryl methyl sites for hydroxylation is 1. The number of carbonyl (C=O) groups excluding carboxylic acids is 1. The standard InChI is InChI=1S/C34H37ClFN7O2/c1-20(2)29-31(21(3)14-15-37-29)43-33-25(17-26(35)30(38-33)24-11-8-9-12-27(24)36)32(39-34(43)45)42-19-22(4)41(18-23(42)5)28(44)13-10-16-40(6)7/h8-9,11-12,14-15,17,20,22-23H,16,18-19H2,1-7H3. The Morgan fingerprint density at radius 3 is 2.56 bits per heavy atom. The van der Waals surface area contributed by atoms with E-state index in [4.69, 9.17) is 16.6 Å². The van der Waals surface area contributed by atoms with Gasteiger partial charge in [-0.05, 0) is 76.5 Å². The molecule has 1 aliphatic heterocycles. The number of piperazine rings is 1. The molecule has 0 spiro atoms. The molecule has 1 fully saturated rings. The Morgan fingerprint density at radius 1 is 1.13 bits per heavy atom. The van der Waals surface area contributed by atoms with Crippen molar-refractivity contribution in [3.8, 4) is 28.8 Å². The number of nitrogens with zero attached hydrogens (tertiary/aromatic N) is 7. The SMILES string of the molecule is Cc1ccnc(C(C)C)c1-n1c(=O)nc(N2CC(C)N(C(=O)C#CCN(C)C)CC2C)c2cc(Cl)c(-c3ccccc3F)nc21. The number of pyridine rings is 2. The summed E-state index contributed by atoms with van der Waals surface area (Å²) >= 11 is 6.83. The van der Waals surface area contributed by atoms with Gasteiger partial charge in [0.2, 0.25) is 0 Å². The average Bonchev–Trinajstić information content (AvgIpc) is 2.98. The zero-order chi connectivity index (χ0) is 32.6. The summed E-state index contributed by atoms with van der Waals surface area (Å²) in [4.78, 5) is 46.9. The molecule has 1 aromatic carbocycles. The number of benzene rings is 1. The summed E-state index contributed by atoms with van der Waals surface area (Å²) in [5.41, 5.74) is 2.30. The fourth-order valence-corrected chi connectivity index (χ4v) is 5.96. The van der Waals surface area contributed by atoms with Gasteiger partial charge in [-0.15, -0.1) is 0 Å². The Balaban J connectivity index is 1.71. The van der Waals surface area contributed by atoms with Crippen LogP contribution in [0.3, 0.4) is 0 Å². The van der Waals surface area contributed by atoms with E-state index in [9.17, 15) is 9.59 Å². The van der Waals surface area contributed by atoms with Crippen molar-refractivity contribution in [1.29, 1.82) is 0 Å². The molecular formula is C34H37ClFN7O2. The van der Waals surface area contributed by atoms with Gasteiger partial charge in [-0.25, -0.2) is 18.7 Å². The van der Waals surface area contributed by atoms with Crippen molar-refractivity contribution in [2.75, 3.05) is 38.6 Å². The average molecular weight is 630 g/mol. The maximum atomic E-state index is 15.0. The molecule has 2 atom stereocenters. The van der Waals surface area contributed by atoms with Crippen LogP contribution in [0.5, 0.6) is 0 Å². The first kappa shape index (κ1) is 32.1. The molecule has 11 heteroatoms. The number of fused-ring (bicyclic) bond motifs is 1. The number of hydrogen-bond acceptors (Lipinski definition) is 7. The minimum Gasteiger partial charge on any atom is -0.349 e. The second-order valence-corrected chi connectivity index (χ2v) is 12.5. The molecule has 4 heterocycles. The van der Waals surface area contributed by atoms with Crippen LogP contribution in [-0.4, -0.2) is 81.0 Å².